The van der Waals surface area contributed by atoms with E-state index in [0.717, 1.165) is 18.4 Å². The fourth-order valence-electron chi connectivity index (χ4n) is 5.78. The summed E-state index contributed by atoms with van der Waals surface area (Å²) < 4.78 is 47.0. The smallest absolute Gasteiger partial charge is 0.217 e. The van der Waals surface area contributed by atoms with E-state index < -0.39 is 21.9 Å². The van der Waals surface area contributed by atoms with Crippen LogP contribution in [0.1, 0.15) is 54.7 Å². The van der Waals surface area contributed by atoms with Gasteiger partial charge in [-0.25, -0.2) is 12.8 Å². The minimum atomic E-state index is -3.23. The van der Waals surface area contributed by atoms with Gasteiger partial charge in [0, 0.05) is 48.1 Å². The average molecular weight is 575 g/mol. The van der Waals surface area contributed by atoms with E-state index >= 15 is 0 Å². The van der Waals surface area contributed by atoms with Gasteiger partial charge in [0.2, 0.25) is 10.0 Å². The van der Waals surface area contributed by atoms with Crippen molar-refractivity contribution in [3.05, 3.63) is 80.4 Å². The molecule has 39 heavy (non-hydrogen) atoms. The normalized spacial score (nSPS) is 23.0. The van der Waals surface area contributed by atoms with Gasteiger partial charge in [-0.15, -0.1) is 0 Å². The quantitative estimate of drug-likeness (QED) is 0.142. The van der Waals surface area contributed by atoms with Crippen LogP contribution in [0.25, 0.3) is 10.4 Å². The van der Waals surface area contributed by atoms with E-state index in [9.17, 15) is 23.1 Å². The van der Waals surface area contributed by atoms with E-state index in [0.29, 0.717) is 61.6 Å². The molecule has 0 spiro atoms. The number of Topliss-reactive ketones (excluding diaryl/α,β-unsaturated/α-hetero) is 1. The molecule has 2 aromatic rings. The van der Waals surface area contributed by atoms with Crippen LogP contribution in [0.3, 0.4) is 0 Å². The Morgan fingerprint density at radius 1 is 1.15 bits per heavy atom. The van der Waals surface area contributed by atoms with Crippen LogP contribution in [0.4, 0.5) is 4.39 Å². The third kappa shape index (κ3) is 6.47. The molecule has 5 rings (SSSR count). The molecule has 1 unspecified atom stereocenters. The highest BCUT2D eigenvalue weighted by Crippen LogP contribution is 2.39. The maximum atomic E-state index is 15.0. The Bertz CT molecular complexity index is 1360. The maximum Gasteiger partial charge on any atom is 0.217 e. The van der Waals surface area contributed by atoms with Gasteiger partial charge in [-0.3, -0.25) is 4.79 Å². The lowest BCUT2D eigenvalue weighted by atomic mass is 9.75. The van der Waals surface area contributed by atoms with Crippen molar-refractivity contribution in [2.24, 2.45) is 11.0 Å². The highest BCUT2D eigenvalue weighted by Gasteiger charge is 2.50. The molecule has 0 amide bonds. The zero-order valence-electron chi connectivity index (χ0n) is 21.6. The van der Waals surface area contributed by atoms with E-state index in [1.165, 1.54) is 10.4 Å². The molecule has 0 aromatic heterocycles. The number of benzene rings is 2. The second kappa shape index (κ2) is 11.9. The number of nitrogens with zero attached hydrogens (tertiary/aromatic N) is 4. The number of ketones is 1. The topological polar surface area (TPSA) is 112 Å². The number of hydrogen-bond donors (Lipinski definition) is 0. The molecule has 0 bridgehead atoms. The second-order valence-corrected chi connectivity index (χ2v) is 13.3. The zero-order valence-corrected chi connectivity index (χ0v) is 23.2. The number of ether oxygens (including phenoxy) is 1. The van der Waals surface area contributed by atoms with Gasteiger partial charge in [-0.1, -0.05) is 41.0 Å². The van der Waals surface area contributed by atoms with Crippen LogP contribution in [0.2, 0.25) is 5.02 Å². The molecule has 2 heterocycles. The van der Waals surface area contributed by atoms with Gasteiger partial charge in [0.05, 0.1) is 5.25 Å². The summed E-state index contributed by atoms with van der Waals surface area (Å²) in [7, 11) is -3.23. The summed E-state index contributed by atoms with van der Waals surface area (Å²) in [6.07, 6.45) is 3.60. The second-order valence-electron chi connectivity index (χ2n) is 10.7. The van der Waals surface area contributed by atoms with Crippen LogP contribution in [0.5, 0.6) is 0 Å². The fourth-order valence-corrected chi connectivity index (χ4v) is 7.92. The average Bonchev–Trinajstić information content (AvgIpc) is 3.84. The number of rotatable bonds is 12. The van der Waals surface area contributed by atoms with Crippen LogP contribution >= 0.6 is 11.6 Å². The minimum absolute atomic E-state index is 0.0700. The Morgan fingerprint density at radius 2 is 1.87 bits per heavy atom. The van der Waals surface area contributed by atoms with Crippen molar-refractivity contribution in [1.82, 2.24) is 4.31 Å². The molecule has 208 valence electrons. The number of carbonyl (C=O) groups excluding carboxylic acids is 1. The molecule has 0 radical (unpaired) electrons. The zero-order chi connectivity index (χ0) is 27.6. The molecule has 1 aliphatic carbocycles. The van der Waals surface area contributed by atoms with Crippen LogP contribution in [-0.4, -0.2) is 55.6 Å². The molecule has 3 fully saturated rings. The SMILES string of the molecule is [N-]=[N+]=N[C@H](C(=O)Cc1cccc(F)c1CC[C@H]1CN1S(=O)(=O)C1CC1)[C@@H](c1ccc(Cl)cc1)C1CCOCC1. The van der Waals surface area contributed by atoms with Crippen molar-refractivity contribution in [3.8, 4) is 0 Å². The van der Waals surface area contributed by atoms with Gasteiger partial charge < -0.3 is 4.74 Å². The Balaban J connectivity index is 1.35. The molecule has 11 heteroatoms. The van der Waals surface area contributed by atoms with Crippen molar-refractivity contribution < 1.29 is 22.3 Å². The summed E-state index contributed by atoms with van der Waals surface area (Å²) in [6.45, 7) is 1.59. The minimum Gasteiger partial charge on any atom is -0.381 e. The Hall–Kier alpha value is -2.49. The van der Waals surface area contributed by atoms with E-state index in [4.69, 9.17) is 16.3 Å². The van der Waals surface area contributed by atoms with E-state index in [1.807, 2.05) is 12.1 Å². The number of carbonyl (C=O) groups is 1. The van der Waals surface area contributed by atoms with Crippen molar-refractivity contribution in [2.45, 2.75) is 68.2 Å². The van der Waals surface area contributed by atoms with Crippen molar-refractivity contribution in [3.63, 3.8) is 0 Å². The third-order valence-electron chi connectivity index (χ3n) is 8.12. The van der Waals surface area contributed by atoms with Crippen molar-refractivity contribution in [2.75, 3.05) is 19.8 Å². The van der Waals surface area contributed by atoms with E-state index in [2.05, 4.69) is 10.0 Å². The number of halogens is 2. The first-order chi connectivity index (χ1) is 18.8. The Morgan fingerprint density at radius 3 is 2.54 bits per heavy atom. The van der Waals surface area contributed by atoms with E-state index in [1.54, 1.807) is 24.3 Å². The summed E-state index contributed by atoms with van der Waals surface area (Å²) >= 11 is 6.11. The predicted octanol–water partition coefficient (Wildman–Crippen LogP) is 5.59. The van der Waals surface area contributed by atoms with Gasteiger partial charge in [-0.05, 0) is 84.9 Å². The molecule has 2 aromatic carbocycles. The lowest BCUT2D eigenvalue weighted by Gasteiger charge is -2.34. The number of azide groups is 1. The Labute approximate surface area is 233 Å². The van der Waals surface area contributed by atoms with Crippen LogP contribution in [-0.2, 0) is 32.4 Å². The molecule has 2 saturated heterocycles. The number of hydrogen-bond acceptors (Lipinski definition) is 5. The van der Waals surface area contributed by atoms with Gasteiger partial charge in [0.25, 0.3) is 0 Å². The molecule has 0 N–H and O–H groups in total. The van der Waals surface area contributed by atoms with Gasteiger partial charge in [-0.2, -0.15) is 4.31 Å². The van der Waals surface area contributed by atoms with Crippen LogP contribution < -0.4 is 0 Å². The summed E-state index contributed by atoms with van der Waals surface area (Å²) in [5, 5.41) is 4.29. The first kappa shape index (κ1) is 28.1. The van der Waals surface area contributed by atoms with Gasteiger partial charge in [0.15, 0.2) is 0 Å². The van der Waals surface area contributed by atoms with E-state index in [-0.39, 0.29) is 35.3 Å². The maximum absolute atomic E-state index is 15.0. The first-order valence-electron chi connectivity index (χ1n) is 13.5. The monoisotopic (exact) mass is 574 g/mol. The van der Waals surface area contributed by atoms with Crippen LogP contribution in [0, 0.1) is 11.7 Å². The van der Waals surface area contributed by atoms with Crippen LogP contribution in [0.15, 0.2) is 47.6 Å². The fraction of sp³-hybridized carbons (Fsp3) is 0.536. The van der Waals surface area contributed by atoms with Gasteiger partial charge >= 0.3 is 0 Å². The molecular weight excluding hydrogens is 543 g/mol. The lowest BCUT2D eigenvalue weighted by molar-refractivity contribution is -0.120. The molecule has 3 aliphatic rings. The molecule has 4 atom stereocenters. The lowest BCUT2D eigenvalue weighted by Crippen LogP contribution is -2.35. The highest BCUT2D eigenvalue weighted by atomic mass is 35.5. The first-order valence-corrected chi connectivity index (χ1v) is 15.3. The summed E-state index contributed by atoms with van der Waals surface area (Å²) in [6, 6.07) is 10.8. The van der Waals surface area contributed by atoms with Crippen molar-refractivity contribution >= 4 is 27.4 Å². The number of sulfonamides is 1. The standard InChI is InChI=1S/C28H32ClFN4O4S/c29-21-6-4-18(5-7-21)27(19-12-14-38-15-13-19)28(32-33-31)26(35)16-20-2-1-3-25(30)24(20)11-8-22-17-34(22)39(36,37)23-9-10-23/h1-7,19,22-23,27-28H,8-17H2/t22-,27-,28+,34?/m0/s1. The third-order valence-corrected chi connectivity index (χ3v) is 10.8. The Kier molecular flexibility index (Phi) is 8.59. The summed E-state index contributed by atoms with van der Waals surface area (Å²) in [5.41, 5.74) is 11.2. The predicted molar refractivity (Wildman–Crippen MR) is 147 cm³/mol. The molecule has 8 nitrogen and oxygen atoms in total. The molecular formula is C28H32ClFN4O4S. The molecule has 1 saturated carbocycles. The summed E-state index contributed by atoms with van der Waals surface area (Å²) in [4.78, 5) is 16.8. The molecule has 2 aliphatic heterocycles. The largest absolute Gasteiger partial charge is 0.381 e. The highest BCUT2D eigenvalue weighted by molar-refractivity contribution is 7.90. The van der Waals surface area contributed by atoms with Crippen molar-refractivity contribution in [1.29, 1.82) is 0 Å². The summed E-state index contributed by atoms with van der Waals surface area (Å²) in [5.74, 6) is -0.994. The van der Waals surface area contributed by atoms with Gasteiger partial charge in [0.1, 0.15) is 17.6 Å².